The Kier molecular flexibility index (Phi) is 2.80. The van der Waals surface area contributed by atoms with Crippen molar-refractivity contribution in [3.05, 3.63) is 30.2 Å². The Hall–Kier alpha value is -1.46. The van der Waals surface area contributed by atoms with Gasteiger partial charge in [-0.25, -0.2) is 4.39 Å². The first kappa shape index (κ1) is 11.6. The van der Waals surface area contributed by atoms with Crippen LogP contribution in [0, 0.1) is 5.82 Å². The first-order valence-corrected chi connectivity index (χ1v) is 6.24. The molecule has 0 saturated heterocycles. The minimum absolute atomic E-state index is 0.159. The quantitative estimate of drug-likeness (QED) is 0.806. The molecule has 0 unspecified atom stereocenters. The third-order valence-electron chi connectivity index (χ3n) is 3.77. The van der Waals surface area contributed by atoms with Crippen LogP contribution >= 0.6 is 0 Å². The fourth-order valence-electron chi connectivity index (χ4n) is 2.76. The van der Waals surface area contributed by atoms with E-state index in [0.29, 0.717) is 10.9 Å². The van der Waals surface area contributed by atoms with Crippen LogP contribution in [0.3, 0.4) is 0 Å². The van der Waals surface area contributed by atoms with Crippen molar-refractivity contribution in [1.29, 1.82) is 0 Å². The standard InChI is InChI=1S/C13H16FN3O/c14-9-3-1-5-11-8(9)7-16-17(11)12-6-2-4-10(15)13(12)18/h1,3,5,7,10,12-13,18H,2,4,6,15H2/t10-,12+,13+/m1/s1. The maximum atomic E-state index is 13.6. The van der Waals surface area contributed by atoms with E-state index in [4.69, 9.17) is 5.73 Å². The highest BCUT2D eigenvalue weighted by atomic mass is 19.1. The van der Waals surface area contributed by atoms with E-state index < -0.39 is 6.10 Å². The SMILES string of the molecule is N[C@@H]1CCC[C@H](n2ncc3c(F)cccc32)[C@H]1O. The van der Waals surface area contributed by atoms with Gasteiger partial charge in [0.2, 0.25) is 0 Å². The zero-order chi connectivity index (χ0) is 12.7. The molecule has 0 radical (unpaired) electrons. The molecule has 1 saturated carbocycles. The summed E-state index contributed by atoms with van der Waals surface area (Å²) >= 11 is 0. The molecule has 0 amide bonds. The highest BCUT2D eigenvalue weighted by molar-refractivity contribution is 5.79. The number of hydrogen-bond acceptors (Lipinski definition) is 3. The third-order valence-corrected chi connectivity index (χ3v) is 3.77. The summed E-state index contributed by atoms with van der Waals surface area (Å²) < 4.78 is 15.3. The van der Waals surface area contributed by atoms with Crippen molar-refractivity contribution in [2.75, 3.05) is 0 Å². The molecule has 1 heterocycles. The van der Waals surface area contributed by atoms with Crippen molar-refractivity contribution < 1.29 is 9.50 Å². The largest absolute Gasteiger partial charge is 0.389 e. The second-order valence-electron chi connectivity index (χ2n) is 4.91. The lowest BCUT2D eigenvalue weighted by Crippen LogP contribution is -2.44. The van der Waals surface area contributed by atoms with Gasteiger partial charge in [0.1, 0.15) is 5.82 Å². The average molecular weight is 249 g/mol. The molecule has 0 spiro atoms. The van der Waals surface area contributed by atoms with Crippen LogP contribution in [0.25, 0.3) is 10.9 Å². The summed E-state index contributed by atoms with van der Waals surface area (Å²) in [4.78, 5) is 0. The Bertz CT molecular complexity index is 568. The summed E-state index contributed by atoms with van der Waals surface area (Å²) in [6, 6.07) is 4.50. The predicted molar refractivity (Wildman–Crippen MR) is 66.6 cm³/mol. The molecule has 1 aromatic carbocycles. The predicted octanol–water partition coefficient (Wildman–Crippen LogP) is 1.59. The monoisotopic (exact) mass is 249 g/mol. The molecule has 3 N–H and O–H groups in total. The summed E-state index contributed by atoms with van der Waals surface area (Å²) in [5, 5.41) is 14.9. The maximum Gasteiger partial charge on any atom is 0.134 e. The van der Waals surface area contributed by atoms with Crippen molar-refractivity contribution in [2.45, 2.75) is 37.5 Å². The molecule has 1 aliphatic carbocycles. The molecule has 0 bridgehead atoms. The van der Waals surface area contributed by atoms with Gasteiger partial charge in [0.05, 0.1) is 29.2 Å². The number of aliphatic hydroxyl groups excluding tert-OH is 1. The van der Waals surface area contributed by atoms with Crippen LogP contribution < -0.4 is 5.73 Å². The molecule has 0 aliphatic heterocycles. The van der Waals surface area contributed by atoms with Gasteiger partial charge in [-0.1, -0.05) is 6.07 Å². The lowest BCUT2D eigenvalue weighted by molar-refractivity contribution is 0.0535. The van der Waals surface area contributed by atoms with Gasteiger partial charge in [-0.2, -0.15) is 5.10 Å². The van der Waals surface area contributed by atoms with E-state index in [1.54, 1.807) is 10.7 Å². The van der Waals surface area contributed by atoms with Crippen LogP contribution in [-0.4, -0.2) is 27.0 Å². The number of aliphatic hydroxyl groups is 1. The van der Waals surface area contributed by atoms with Gasteiger partial charge in [-0.3, -0.25) is 4.68 Å². The van der Waals surface area contributed by atoms with E-state index in [9.17, 15) is 9.50 Å². The number of nitrogens with zero attached hydrogens (tertiary/aromatic N) is 2. The summed E-state index contributed by atoms with van der Waals surface area (Å²) in [6.45, 7) is 0. The summed E-state index contributed by atoms with van der Waals surface area (Å²) in [7, 11) is 0. The second-order valence-corrected chi connectivity index (χ2v) is 4.91. The highest BCUT2D eigenvalue weighted by Gasteiger charge is 2.32. The van der Waals surface area contributed by atoms with Crippen molar-refractivity contribution in [3.8, 4) is 0 Å². The topological polar surface area (TPSA) is 64.1 Å². The molecule has 3 rings (SSSR count). The highest BCUT2D eigenvalue weighted by Crippen LogP contribution is 2.30. The van der Waals surface area contributed by atoms with Gasteiger partial charge in [-0.05, 0) is 31.4 Å². The second kappa shape index (κ2) is 4.33. The number of fused-ring (bicyclic) bond motifs is 1. The molecular weight excluding hydrogens is 233 g/mol. The van der Waals surface area contributed by atoms with Crippen molar-refractivity contribution >= 4 is 10.9 Å². The number of aromatic nitrogens is 2. The minimum Gasteiger partial charge on any atom is -0.389 e. The number of nitrogens with two attached hydrogens (primary N) is 1. The van der Waals surface area contributed by atoms with Crippen molar-refractivity contribution in [2.24, 2.45) is 5.73 Å². The molecule has 3 atom stereocenters. The lowest BCUT2D eigenvalue weighted by Gasteiger charge is -2.33. The zero-order valence-electron chi connectivity index (χ0n) is 9.96. The Labute approximate surface area is 104 Å². The summed E-state index contributed by atoms with van der Waals surface area (Å²) in [5.74, 6) is -0.284. The molecule has 18 heavy (non-hydrogen) atoms. The van der Waals surface area contributed by atoms with Crippen LogP contribution in [0.5, 0.6) is 0 Å². The van der Waals surface area contributed by atoms with E-state index in [0.717, 1.165) is 19.3 Å². The molecule has 1 aromatic heterocycles. The molecule has 2 aromatic rings. The molecular formula is C13H16FN3O. The van der Waals surface area contributed by atoms with Gasteiger partial charge < -0.3 is 10.8 Å². The van der Waals surface area contributed by atoms with E-state index in [-0.39, 0.29) is 17.9 Å². The summed E-state index contributed by atoms with van der Waals surface area (Å²) in [6.07, 6.45) is 3.50. The summed E-state index contributed by atoms with van der Waals surface area (Å²) in [5.41, 5.74) is 6.60. The Morgan fingerprint density at radius 2 is 2.22 bits per heavy atom. The van der Waals surface area contributed by atoms with Crippen LogP contribution in [0.4, 0.5) is 4.39 Å². The molecule has 5 heteroatoms. The average Bonchev–Trinajstić information content (AvgIpc) is 2.78. The smallest absolute Gasteiger partial charge is 0.134 e. The van der Waals surface area contributed by atoms with Gasteiger partial charge in [-0.15, -0.1) is 0 Å². The molecule has 1 aliphatic rings. The van der Waals surface area contributed by atoms with E-state index in [2.05, 4.69) is 5.10 Å². The zero-order valence-corrected chi connectivity index (χ0v) is 9.96. The van der Waals surface area contributed by atoms with Gasteiger partial charge >= 0.3 is 0 Å². The molecule has 4 nitrogen and oxygen atoms in total. The maximum absolute atomic E-state index is 13.6. The van der Waals surface area contributed by atoms with Gasteiger partial charge in [0.15, 0.2) is 0 Å². The Morgan fingerprint density at radius 1 is 1.39 bits per heavy atom. The first-order valence-electron chi connectivity index (χ1n) is 6.24. The fraction of sp³-hybridized carbons (Fsp3) is 0.462. The van der Waals surface area contributed by atoms with Gasteiger partial charge in [0, 0.05) is 6.04 Å². The van der Waals surface area contributed by atoms with Crippen LogP contribution in [-0.2, 0) is 0 Å². The number of rotatable bonds is 1. The van der Waals surface area contributed by atoms with E-state index in [1.165, 1.54) is 12.3 Å². The molecule has 96 valence electrons. The van der Waals surface area contributed by atoms with Crippen LogP contribution in [0.1, 0.15) is 25.3 Å². The Balaban J connectivity index is 2.06. The van der Waals surface area contributed by atoms with Crippen molar-refractivity contribution in [1.82, 2.24) is 9.78 Å². The van der Waals surface area contributed by atoms with Crippen LogP contribution in [0.15, 0.2) is 24.4 Å². The van der Waals surface area contributed by atoms with Gasteiger partial charge in [0.25, 0.3) is 0 Å². The number of hydrogen-bond donors (Lipinski definition) is 2. The molecule has 1 fully saturated rings. The number of benzene rings is 1. The van der Waals surface area contributed by atoms with E-state index in [1.807, 2.05) is 6.07 Å². The lowest BCUT2D eigenvalue weighted by atomic mass is 9.88. The Morgan fingerprint density at radius 3 is 3.06 bits per heavy atom. The van der Waals surface area contributed by atoms with Crippen LogP contribution in [0.2, 0.25) is 0 Å². The first-order chi connectivity index (χ1) is 8.68. The normalized spacial score (nSPS) is 28.7. The van der Waals surface area contributed by atoms with E-state index >= 15 is 0 Å². The fourth-order valence-corrected chi connectivity index (χ4v) is 2.76. The third kappa shape index (κ3) is 1.71. The minimum atomic E-state index is -0.620. The number of halogens is 1. The van der Waals surface area contributed by atoms with Crippen molar-refractivity contribution in [3.63, 3.8) is 0 Å².